The molecule has 0 saturated carbocycles. The summed E-state index contributed by atoms with van der Waals surface area (Å²) >= 11 is 0. The number of ether oxygens (including phenoxy) is 3. The SMILES string of the molecule is N#Cc1c(N2CCC3(CC2)OCCO3)nc(Cc2cccc3c2OCC3)[nH]c1=O. The van der Waals surface area contributed by atoms with Crippen LogP contribution in [0.15, 0.2) is 23.0 Å². The number of aromatic nitrogens is 2. The minimum atomic E-state index is -0.519. The number of nitrogens with one attached hydrogen (secondary N) is 1. The van der Waals surface area contributed by atoms with Crippen molar-refractivity contribution in [1.82, 2.24) is 9.97 Å². The number of nitriles is 1. The molecule has 0 atom stereocenters. The average molecular weight is 394 g/mol. The van der Waals surface area contributed by atoms with Gasteiger partial charge in [-0.2, -0.15) is 5.26 Å². The molecule has 1 aromatic carbocycles. The third-order valence-electron chi connectivity index (χ3n) is 5.85. The molecule has 1 N–H and O–H groups in total. The molecule has 5 rings (SSSR count). The summed E-state index contributed by atoms with van der Waals surface area (Å²) in [4.78, 5) is 22.0. The highest BCUT2D eigenvalue weighted by Gasteiger charge is 2.40. The van der Waals surface area contributed by atoms with E-state index in [-0.39, 0.29) is 5.56 Å². The number of hydrogen-bond donors (Lipinski definition) is 1. The zero-order chi connectivity index (χ0) is 19.8. The van der Waals surface area contributed by atoms with Gasteiger partial charge in [-0.05, 0) is 5.56 Å². The van der Waals surface area contributed by atoms with Crippen molar-refractivity contribution < 1.29 is 14.2 Å². The molecule has 4 heterocycles. The predicted molar refractivity (Wildman–Crippen MR) is 104 cm³/mol. The van der Waals surface area contributed by atoms with Gasteiger partial charge in [0.25, 0.3) is 5.56 Å². The standard InChI is InChI=1S/C21H22N4O4/c22-13-16-19(25-7-5-21(6-8-25)28-10-11-29-21)23-17(24-20(16)26)12-15-3-1-2-14-4-9-27-18(14)15/h1-3H,4-12H2,(H,23,24,26). The first-order chi connectivity index (χ1) is 14.2. The lowest BCUT2D eigenvalue weighted by atomic mass is 10.0. The number of nitrogens with zero attached hydrogens (tertiary/aromatic N) is 3. The molecule has 0 aliphatic carbocycles. The summed E-state index contributed by atoms with van der Waals surface area (Å²) < 4.78 is 17.3. The van der Waals surface area contributed by atoms with Crippen LogP contribution in [0.25, 0.3) is 0 Å². The van der Waals surface area contributed by atoms with Crippen LogP contribution in [0.1, 0.15) is 35.4 Å². The van der Waals surface area contributed by atoms with Crippen LogP contribution in [0.5, 0.6) is 5.75 Å². The molecule has 8 nitrogen and oxygen atoms in total. The number of aromatic amines is 1. The number of H-pyrrole nitrogens is 1. The first-order valence-electron chi connectivity index (χ1n) is 9.97. The van der Waals surface area contributed by atoms with Crippen molar-refractivity contribution in [3.05, 3.63) is 51.1 Å². The van der Waals surface area contributed by atoms with Crippen LogP contribution in [0, 0.1) is 11.3 Å². The van der Waals surface area contributed by atoms with Crippen LogP contribution in [0.3, 0.4) is 0 Å². The van der Waals surface area contributed by atoms with Gasteiger partial charge in [0.15, 0.2) is 17.2 Å². The van der Waals surface area contributed by atoms with Crippen LogP contribution in [-0.2, 0) is 22.3 Å². The average Bonchev–Trinajstić information content (AvgIpc) is 3.39. The maximum absolute atomic E-state index is 12.6. The fraction of sp³-hybridized carbons (Fsp3) is 0.476. The fourth-order valence-electron chi connectivity index (χ4n) is 4.37. The monoisotopic (exact) mass is 394 g/mol. The Labute approximate surface area is 168 Å². The van der Waals surface area contributed by atoms with Gasteiger partial charge in [0.1, 0.15) is 17.6 Å². The molecule has 3 aliphatic heterocycles. The van der Waals surface area contributed by atoms with Gasteiger partial charge >= 0.3 is 0 Å². The van der Waals surface area contributed by atoms with Crippen molar-refractivity contribution in [1.29, 1.82) is 5.26 Å². The summed E-state index contributed by atoms with van der Waals surface area (Å²) in [5.41, 5.74) is 1.81. The second-order valence-electron chi connectivity index (χ2n) is 7.60. The minimum Gasteiger partial charge on any atom is -0.493 e. The van der Waals surface area contributed by atoms with Gasteiger partial charge in [0.05, 0.1) is 19.8 Å². The molecule has 150 valence electrons. The Morgan fingerprint density at radius 3 is 2.76 bits per heavy atom. The van der Waals surface area contributed by atoms with Crippen molar-refractivity contribution >= 4 is 5.82 Å². The number of piperidine rings is 1. The molecular formula is C21H22N4O4. The van der Waals surface area contributed by atoms with E-state index in [0.717, 1.165) is 17.7 Å². The van der Waals surface area contributed by atoms with E-state index in [2.05, 4.69) is 16.0 Å². The molecular weight excluding hydrogens is 372 g/mol. The highest BCUT2D eigenvalue weighted by molar-refractivity contribution is 5.54. The van der Waals surface area contributed by atoms with Crippen LogP contribution >= 0.6 is 0 Å². The van der Waals surface area contributed by atoms with Crippen molar-refractivity contribution in [2.45, 2.75) is 31.5 Å². The Morgan fingerprint density at radius 1 is 1.21 bits per heavy atom. The van der Waals surface area contributed by atoms with E-state index in [1.165, 1.54) is 5.56 Å². The molecule has 3 aliphatic rings. The Balaban J connectivity index is 1.44. The third kappa shape index (κ3) is 3.26. The first kappa shape index (κ1) is 18.2. The van der Waals surface area contributed by atoms with Gasteiger partial charge in [-0.15, -0.1) is 0 Å². The van der Waals surface area contributed by atoms with Gasteiger partial charge in [0.2, 0.25) is 0 Å². The van der Waals surface area contributed by atoms with E-state index in [1.54, 1.807) is 0 Å². The Bertz CT molecular complexity index is 1030. The summed E-state index contributed by atoms with van der Waals surface area (Å²) in [6, 6.07) is 8.06. The van der Waals surface area contributed by atoms with Crippen LogP contribution in [-0.4, -0.2) is 48.7 Å². The topological polar surface area (TPSA) is 100 Å². The van der Waals surface area contributed by atoms with Crippen molar-refractivity contribution in [2.24, 2.45) is 0 Å². The van der Waals surface area contributed by atoms with E-state index in [9.17, 15) is 10.1 Å². The van der Waals surface area contributed by atoms with Crippen LogP contribution in [0.4, 0.5) is 5.82 Å². The van der Waals surface area contributed by atoms with Gasteiger partial charge in [-0.25, -0.2) is 4.98 Å². The summed E-state index contributed by atoms with van der Waals surface area (Å²) in [5, 5.41) is 9.54. The van der Waals surface area contributed by atoms with E-state index in [0.29, 0.717) is 63.8 Å². The van der Waals surface area contributed by atoms with Gasteiger partial charge < -0.3 is 24.1 Å². The maximum atomic E-state index is 12.6. The second-order valence-corrected chi connectivity index (χ2v) is 7.60. The lowest BCUT2D eigenvalue weighted by Crippen LogP contribution is -2.46. The van der Waals surface area contributed by atoms with Gasteiger partial charge in [-0.1, -0.05) is 18.2 Å². The number of rotatable bonds is 3. The molecule has 2 aromatic rings. The lowest BCUT2D eigenvalue weighted by molar-refractivity contribution is -0.169. The number of benzene rings is 1. The fourth-order valence-corrected chi connectivity index (χ4v) is 4.37. The predicted octanol–water partition coefficient (Wildman–Crippen LogP) is 1.51. The zero-order valence-corrected chi connectivity index (χ0v) is 16.1. The van der Waals surface area contributed by atoms with Crippen LogP contribution < -0.4 is 15.2 Å². The smallest absolute Gasteiger partial charge is 0.271 e. The van der Waals surface area contributed by atoms with Crippen molar-refractivity contribution in [3.8, 4) is 11.8 Å². The van der Waals surface area contributed by atoms with E-state index in [4.69, 9.17) is 14.2 Å². The summed E-state index contributed by atoms with van der Waals surface area (Å²) in [7, 11) is 0. The second kappa shape index (κ2) is 7.17. The van der Waals surface area contributed by atoms with Gasteiger partial charge in [-0.3, -0.25) is 4.79 Å². The molecule has 0 unspecified atom stereocenters. The van der Waals surface area contributed by atoms with E-state index in [1.807, 2.05) is 23.1 Å². The van der Waals surface area contributed by atoms with E-state index < -0.39 is 11.3 Å². The summed E-state index contributed by atoms with van der Waals surface area (Å²) in [5.74, 6) is 1.33. The first-order valence-corrected chi connectivity index (χ1v) is 9.97. The van der Waals surface area contributed by atoms with Crippen LogP contribution in [0.2, 0.25) is 0 Å². The molecule has 2 saturated heterocycles. The molecule has 2 fully saturated rings. The molecule has 1 spiro atoms. The van der Waals surface area contributed by atoms with Gasteiger partial charge in [0, 0.05) is 44.3 Å². The molecule has 8 heteroatoms. The summed E-state index contributed by atoms with van der Waals surface area (Å²) in [6.45, 7) is 3.14. The molecule has 0 bridgehead atoms. The van der Waals surface area contributed by atoms with Crippen molar-refractivity contribution in [2.75, 3.05) is 37.8 Å². The minimum absolute atomic E-state index is 0.0486. The quantitative estimate of drug-likeness (QED) is 0.842. The third-order valence-corrected chi connectivity index (χ3v) is 5.85. The lowest BCUT2D eigenvalue weighted by Gasteiger charge is -2.38. The summed E-state index contributed by atoms with van der Waals surface area (Å²) in [6.07, 6.45) is 2.70. The number of hydrogen-bond acceptors (Lipinski definition) is 7. The highest BCUT2D eigenvalue weighted by Crippen LogP contribution is 2.34. The number of para-hydroxylation sites is 1. The molecule has 0 amide bonds. The number of anilines is 1. The van der Waals surface area contributed by atoms with Crippen molar-refractivity contribution in [3.63, 3.8) is 0 Å². The molecule has 0 radical (unpaired) electrons. The Hall–Kier alpha value is -2.89. The Kier molecular flexibility index (Phi) is 4.49. The molecule has 1 aromatic heterocycles. The molecule has 29 heavy (non-hydrogen) atoms. The largest absolute Gasteiger partial charge is 0.493 e. The Morgan fingerprint density at radius 2 is 2.00 bits per heavy atom. The normalized spacial score (nSPS) is 19.8. The highest BCUT2D eigenvalue weighted by atomic mass is 16.7. The zero-order valence-electron chi connectivity index (χ0n) is 16.1. The van der Waals surface area contributed by atoms with E-state index >= 15 is 0 Å². The maximum Gasteiger partial charge on any atom is 0.271 e. The number of fused-ring (bicyclic) bond motifs is 1.